The summed E-state index contributed by atoms with van der Waals surface area (Å²) in [6.07, 6.45) is 2.34. The highest BCUT2D eigenvalue weighted by molar-refractivity contribution is 5.85. The van der Waals surface area contributed by atoms with E-state index in [9.17, 15) is 5.11 Å². The van der Waals surface area contributed by atoms with Crippen molar-refractivity contribution in [3.63, 3.8) is 0 Å². The summed E-state index contributed by atoms with van der Waals surface area (Å²) in [5.41, 5.74) is 2.48. The largest absolute Gasteiger partial charge is 0.508 e. The highest BCUT2D eigenvalue weighted by atomic mass is 35.5. The molecule has 0 bridgehead atoms. The fourth-order valence-electron chi connectivity index (χ4n) is 2.60. The molecule has 1 heterocycles. The zero-order valence-corrected chi connectivity index (χ0v) is 9.80. The lowest BCUT2D eigenvalue weighted by molar-refractivity contribution is -0.0128. The number of ether oxygens (including phenoxy) is 1. The Hall–Kier alpha value is -0.770. The average molecular weight is 242 g/mol. The summed E-state index contributed by atoms with van der Waals surface area (Å²) in [5, 5.41) is 13.0. The number of nitrogens with one attached hydrogen (secondary N) is 1. The van der Waals surface area contributed by atoms with Crippen molar-refractivity contribution in [2.75, 3.05) is 13.2 Å². The Morgan fingerprint density at radius 1 is 1.38 bits per heavy atom. The molecule has 2 unspecified atom stereocenters. The smallest absolute Gasteiger partial charge is 0.115 e. The van der Waals surface area contributed by atoms with E-state index in [2.05, 4.69) is 5.32 Å². The third-order valence-electron chi connectivity index (χ3n) is 3.33. The van der Waals surface area contributed by atoms with Gasteiger partial charge < -0.3 is 15.2 Å². The van der Waals surface area contributed by atoms with Crippen LogP contribution >= 0.6 is 12.4 Å². The van der Waals surface area contributed by atoms with E-state index in [0.29, 0.717) is 11.8 Å². The van der Waals surface area contributed by atoms with Gasteiger partial charge in [-0.15, -0.1) is 12.4 Å². The molecule has 0 radical (unpaired) electrons. The van der Waals surface area contributed by atoms with Crippen LogP contribution in [0.25, 0.3) is 0 Å². The highest BCUT2D eigenvalue weighted by Crippen LogP contribution is 2.35. The lowest BCUT2D eigenvalue weighted by atomic mass is 9.85. The summed E-state index contributed by atoms with van der Waals surface area (Å²) < 4.78 is 5.79. The van der Waals surface area contributed by atoms with Crippen molar-refractivity contribution in [2.24, 2.45) is 0 Å². The Labute approximate surface area is 101 Å². The number of aromatic hydroxyl groups is 1. The Balaban J connectivity index is 0.000000963. The standard InChI is InChI=1S/C12H15NO2.ClH/c14-9-3-1-8-2-4-11-12(10(8)7-9)15-6-5-13-11;/h1,3,7,11-14H,2,4-6H2;1H. The Kier molecular flexibility index (Phi) is 3.38. The van der Waals surface area contributed by atoms with Gasteiger partial charge in [0.25, 0.3) is 0 Å². The molecular formula is C12H16ClNO2. The van der Waals surface area contributed by atoms with E-state index in [1.807, 2.05) is 12.1 Å². The molecule has 0 spiro atoms. The van der Waals surface area contributed by atoms with Crippen LogP contribution in [0.4, 0.5) is 0 Å². The number of phenols is 1. The lowest BCUT2D eigenvalue weighted by Crippen LogP contribution is -2.45. The zero-order valence-electron chi connectivity index (χ0n) is 8.98. The molecule has 3 nitrogen and oxygen atoms in total. The van der Waals surface area contributed by atoms with Crippen molar-refractivity contribution < 1.29 is 9.84 Å². The fraction of sp³-hybridized carbons (Fsp3) is 0.500. The van der Waals surface area contributed by atoms with E-state index < -0.39 is 0 Å². The van der Waals surface area contributed by atoms with Gasteiger partial charge in [-0.25, -0.2) is 0 Å². The van der Waals surface area contributed by atoms with E-state index in [-0.39, 0.29) is 18.5 Å². The normalized spacial score (nSPS) is 27.5. The van der Waals surface area contributed by atoms with Crippen LogP contribution in [0.5, 0.6) is 5.75 Å². The van der Waals surface area contributed by atoms with Gasteiger partial charge in [-0.1, -0.05) is 6.07 Å². The molecule has 3 rings (SSSR count). The van der Waals surface area contributed by atoms with Gasteiger partial charge in [0, 0.05) is 12.6 Å². The first-order valence-electron chi connectivity index (χ1n) is 5.51. The molecule has 16 heavy (non-hydrogen) atoms. The van der Waals surface area contributed by atoms with Gasteiger partial charge in [0.05, 0.1) is 12.7 Å². The van der Waals surface area contributed by atoms with Crippen molar-refractivity contribution in [3.05, 3.63) is 29.3 Å². The number of fused-ring (bicyclic) bond motifs is 3. The second-order valence-corrected chi connectivity index (χ2v) is 4.27. The number of hydrogen-bond donors (Lipinski definition) is 2. The van der Waals surface area contributed by atoms with E-state index in [1.165, 1.54) is 11.1 Å². The molecule has 1 aliphatic carbocycles. The second-order valence-electron chi connectivity index (χ2n) is 4.27. The molecule has 1 fully saturated rings. The minimum absolute atomic E-state index is 0. The van der Waals surface area contributed by atoms with E-state index in [1.54, 1.807) is 6.07 Å². The lowest BCUT2D eigenvalue weighted by Gasteiger charge is -2.37. The first-order valence-corrected chi connectivity index (χ1v) is 5.51. The molecule has 1 saturated heterocycles. The average Bonchev–Trinajstić information content (AvgIpc) is 2.29. The minimum Gasteiger partial charge on any atom is -0.508 e. The van der Waals surface area contributed by atoms with Crippen LogP contribution in [0.1, 0.15) is 23.7 Å². The Morgan fingerprint density at radius 2 is 2.25 bits per heavy atom. The Bertz CT molecular complexity index is 383. The van der Waals surface area contributed by atoms with Crippen LogP contribution in [0, 0.1) is 0 Å². The van der Waals surface area contributed by atoms with Crippen LogP contribution < -0.4 is 5.32 Å². The predicted molar refractivity (Wildman–Crippen MR) is 64.2 cm³/mol. The summed E-state index contributed by atoms with van der Waals surface area (Å²) in [7, 11) is 0. The van der Waals surface area contributed by atoms with Gasteiger partial charge in [0.1, 0.15) is 5.75 Å². The van der Waals surface area contributed by atoms with E-state index in [0.717, 1.165) is 26.0 Å². The van der Waals surface area contributed by atoms with Crippen molar-refractivity contribution in [1.29, 1.82) is 0 Å². The molecule has 0 amide bonds. The van der Waals surface area contributed by atoms with Gasteiger partial charge in [0.2, 0.25) is 0 Å². The third kappa shape index (κ3) is 1.90. The molecule has 2 aliphatic rings. The van der Waals surface area contributed by atoms with Crippen molar-refractivity contribution >= 4 is 12.4 Å². The molecule has 0 aromatic heterocycles. The number of benzene rings is 1. The SMILES string of the molecule is Cl.Oc1ccc2c(c1)C1OCCNC1CC2. The molecule has 1 aliphatic heterocycles. The van der Waals surface area contributed by atoms with Crippen LogP contribution in [-0.4, -0.2) is 24.3 Å². The topological polar surface area (TPSA) is 41.5 Å². The van der Waals surface area contributed by atoms with Crippen molar-refractivity contribution in [3.8, 4) is 5.75 Å². The van der Waals surface area contributed by atoms with Crippen molar-refractivity contribution in [2.45, 2.75) is 25.0 Å². The molecule has 4 heteroatoms. The van der Waals surface area contributed by atoms with Crippen LogP contribution in [0.15, 0.2) is 18.2 Å². The molecular weight excluding hydrogens is 226 g/mol. The third-order valence-corrected chi connectivity index (χ3v) is 3.33. The zero-order chi connectivity index (χ0) is 10.3. The molecule has 2 atom stereocenters. The number of aryl methyl sites for hydroxylation is 1. The van der Waals surface area contributed by atoms with Gasteiger partial charge in [0.15, 0.2) is 0 Å². The molecule has 88 valence electrons. The maximum absolute atomic E-state index is 9.50. The summed E-state index contributed by atoms with van der Waals surface area (Å²) in [6.45, 7) is 1.70. The second kappa shape index (κ2) is 4.62. The van der Waals surface area contributed by atoms with Crippen LogP contribution in [-0.2, 0) is 11.2 Å². The maximum Gasteiger partial charge on any atom is 0.115 e. The first-order chi connectivity index (χ1) is 7.34. The summed E-state index contributed by atoms with van der Waals surface area (Å²) >= 11 is 0. The molecule has 0 saturated carbocycles. The van der Waals surface area contributed by atoms with Gasteiger partial charge in [-0.2, -0.15) is 0 Å². The number of hydrogen-bond acceptors (Lipinski definition) is 3. The van der Waals surface area contributed by atoms with Crippen LogP contribution in [0.3, 0.4) is 0 Å². The number of phenolic OH excluding ortho intramolecular Hbond substituents is 1. The van der Waals surface area contributed by atoms with E-state index in [4.69, 9.17) is 4.74 Å². The summed E-state index contributed by atoms with van der Waals surface area (Å²) in [5.74, 6) is 0.337. The summed E-state index contributed by atoms with van der Waals surface area (Å²) in [4.78, 5) is 0. The minimum atomic E-state index is 0. The molecule has 1 aromatic carbocycles. The fourth-order valence-corrected chi connectivity index (χ4v) is 2.60. The predicted octanol–water partition coefficient (Wildman–Crippen LogP) is 1.79. The first kappa shape index (κ1) is 11.7. The van der Waals surface area contributed by atoms with Crippen LogP contribution in [0.2, 0.25) is 0 Å². The molecule has 1 aromatic rings. The maximum atomic E-state index is 9.50. The van der Waals surface area contributed by atoms with Crippen molar-refractivity contribution in [1.82, 2.24) is 5.32 Å². The van der Waals surface area contributed by atoms with E-state index >= 15 is 0 Å². The van der Waals surface area contributed by atoms with Gasteiger partial charge in [-0.3, -0.25) is 0 Å². The van der Waals surface area contributed by atoms with Gasteiger partial charge in [-0.05, 0) is 36.1 Å². The molecule has 2 N–H and O–H groups in total. The Morgan fingerprint density at radius 3 is 3.12 bits per heavy atom. The van der Waals surface area contributed by atoms with Gasteiger partial charge >= 0.3 is 0 Å². The monoisotopic (exact) mass is 241 g/mol. The number of rotatable bonds is 0. The number of morpholine rings is 1. The quantitative estimate of drug-likeness (QED) is 0.728. The number of halogens is 1. The summed E-state index contributed by atoms with van der Waals surface area (Å²) in [6, 6.07) is 6.04. The highest BCUT2D eigenvalue weighted by Gasteiger charge is 2.32.